The van der Waals surface area contributed by atoms with Gasteiger partial charge in [0.2, 0.25) is 0 Å². The van der Waals surface area contributed by atoms with E-state index in [9.17, 15) is 4.79 Å². The van der Waals surface area contributed by atoms with Gasteiger partial charge < -0.3 is 15.1 Å². The first-order valence-electron chi connectivity index (χ1n) is 9.17. The Morgan fingerprint density at radius 3 is 2.27 bits per heavy atom. The van der Waals surface area contributed by atoms with E-state index in [-0.39, 0.29) is 11.4 Å². The number of carbonyl (C=O) groups excluding carboxylic acids is 1. The van der Waals surface area contributed by atoms with Crippen molar-refractivity contribution < 1.29 is 4.79 Å². The maximum absolute atomic E-state index is 12.5. The second kappa shape index (κ2) is 7.36. The van der Waals surface area contributed by atoms with Crippen LogP contribution in [0.4, 0.5) is 16.3 Å². The predicted octanol–water partition coefficient (Wildman–Crippen LogP) is 4.04. The monoisotopic (exact) mass is 352 g/mol. The number of anilines is 2. The summed E-state index contributed by atoms with van der Waals surface area (Å²) in [5.74, 6) is 1.02. The molecule has 0 unspecified atom stereocenters. The summed E-state index contributed by atoms with van der Waals surface area (Å²) in [4.78, 5) is 21.1. The number of benzene rings is 1. The highest BCUT2D eigenvalue weighted by Gasteiger charge is 2.23. The van der Waals surface area contributed by atoms with Crippen molar-refractivity contribution in [3.63, 3.8) is 0 Å². The van der Waals surface area contributed by atoms with E-state index in [2.05, 4.69) is 61.1 Å². The van der Waals surface area contributed by atoms with Gasteiger partial charge in [-0.1, -0.05) is 39.0 Å². The van der Waals surface area contributed by atoms with E-state index in [0.29, 0.717) is 13.1 Å². The summed E-state index contributed by atoms with van der Waals surface area (Å²) in [5, 5.41) is 3.01. The van der Waals surface area contributed by atoms with E-state index in [1.54, 1.807) is 0 Å². The Kier molecular flexibility index (Phi) is 5.16. The number of amides is 2. The summed E-state index contributed by atoms with van der Waals surface area (Å²) in [7, 11) is 0. The fraction of sp³-hybridized carbons (Fsp3) is 0.429. The Balaban J connectivity index is 1.56. The molecule has 0 radical (unpaired) electrons. The highest BCUT2D eigenvalue weighted by molar-refractivity contribution is 5.89. The quantitative estimate of drug-likeness (QED) is 0.887. The molecular weight excluding hydrogens is 324 g/mol. The van der Waals surface area contributed by atoms with Crippen LogP contribution in [0.25, 0.3) is 0 Å². The lowest BCUT2D eigenvalue weighted by atomic mass is 9.87. The van der Waals surface area contributed by atoms with Gasteiger partial charge in [-0.2, -0.15) is 0 Å². The molecule has 0 bridgehead atoms. The van der Waals surface area contributed by atoms with Crippen molar-refractivity contribution in [3.8, 4) is 0 Å². The lowest BCUT2D eigenvalue weighted by molar-refractivity contribution is 0.208. The SMILES string of the molecule is Cc1cccnc1N1CCN(C(=O)Nc2ccc(C(C)(C)C)cc2)CC1. The van der Waals surface area contributed by atoms with Gasteiger partial charge in [0.05, 0.1) is 0 Å². The van der Waals surface area contributed by atoms with Crippen molar-refractivity contribution in [2.75, 3.05) is 36.4 Å². The van der Waals surface area contributed by atoms with Gasteiger partial charge in [-0.3, -0.25) is 0 Å². The number of carbonyl (C=O) groups is 1. The van der Waals surface area contributed by atoms with Gasteiger partial charge in [0.25, 0.3) is 0 Å². The van der Waals surface area contributed by atoms with Crippen LogP contribution in [0.3, 0.4) is 0 Å². The zero-order valence-electron chi connectivity index (χ0n) is 16.1. The van der Waals surface area contributed by atoms with Gasteiger partial charge in [-0.05, 0) is 41.7 Å². The smallest absolute Gasteiger partial charge is 0.321 e. The van der Waals surface area contributed by atoms with Crippen LogP contribution in [0.15, 0.2) is 42.6 Å². The maximum Gasteiger partial charge on any atom is 0.321 e. The summed E-state index contributed by atoms with van der Waals surface area (Å²) in [6, 6.07) is 12.1. The van der Waals surface area contributed by atoms with Crippen molar-refractivity contribution >= 4 is 17.5 Å². The molecule has 1 aromatic carbocycles. The first kappa shape index (κ1) is 18.2. The number of rotatable bonds is 2. The molecule has 1 N–H and O–H groups in total. The van der Waals surface area contributed by atoms with Gasteiger partial charge in [0, 0.05) is 38.1 Å². The van der Waals surface area contributed by atoms with E-state index in [4.69, 9.17) is 0 Å². The molecule has 1 aromatic heterocycles. The van der Waals surface area contributed by atoms with Crippen LogP contribution in [-0.2, 0) is 5.41 Å². The topological polar surface area (TPSA) is 48.5 Å². The van der Waals surface area contributed by atoms with E-state index >= 15 is 0 Å². The molecule has 2 heterocycles. The fourth-order valence-corrected chi connectivity index (χ4v) is 3.19. The van der Waals surface area contributed by atoms with Crippen LogP contribution in [0, 0.1) is 6.92 Å². The lowest BCUT2D eigenvalue weighted by Gasteiger charge is -2.36. The Morgan fingerprint density at radius 1 is 1.04 bits per heavy atom. The van der Waals surface area contributed by atoms with Crippen LogP contribution in [0.2, 0.25) is 0 Å². The van der Waals surface area contributed by atoms with E-state index < -0.39 is 0 Å². The molecule has 3 rings (SSSR count). The minimum Gasteiger partial charge on any atom is -0.353 e. The summed E-state index contributed by atoms with van der Waals surface area (Å²) >= 11 is 0. The molecule has 1 fully saturated rings. The molecule has 0 saturated carbocycles. The Hall–Kier alpha value is -2.56. The van der Waals surface area contributed by atoms with Crippen LogP contribution >= 0.6 is 0 Å². The third-order valence-corrected chi connectivity index (χ3v) is 4.85. The number of nitrogens with zero attached hydrogens (tertiary/aromatic N) is 3. The van der Waals surface area contributed by atoms with Crippen molar-refractivity contribution in [1.29, 1.82) is 0 Å². The molecule has 2 amide bonds. The summed E-state index contributed by atoms with van der Waals surface area (Å²) in [6.07, 6.45) is 1.82. The van der Waals surface area contributed by atoms with Gasteiger partial charge in [0.15, 0.2) is 0 Å². The highest BCUT2D eigenvalue weighted by Crippen LogP contribution is 2.24. The molecule has 0 atom stereocenters. The zero-order chi connectivity index (χ0) is 18.7. The minimum atomic E-state index is -0.0362. The number of hydrogen-bond acceptors (Lipinski definition) is 3. The van der Waals surface area contributed by atoms with E-state index in [1.807, 2.05) is 29.3 Å². The number of aryl methyl sites for hydroxylation is 1. The third kappa shape index (κ3) is 4.15. The number of hydrogen-bond donors (Lipinski definition) is 1. The van der Waals surface area contributed by atoms with E-state index in [0.717, 1.165) is 24.6 Å². The van der Waals surface area contributed by atoms with Crippen LogP contribution in [0.5, 0.6) is 0 Å². The van der Waals surface area contributed by atoms with Crippen molar-refractivity contribution in [2.24, 2.45) is 0 Å². The normalized spacial score (nSPS) is 15.1. The summed E-state index contributed by atoms with van der Waals surface area (Å²) in [5.41, 5.74) is 3.38. The molecule has 138 valence electrons. The van der Waals surface area contributed by atoms with Gasteiger partial charge in [-0.15, -0.1) is 0 Å². The number of aromatic nitrogens is 1. The Bertz CT molecular complexity index is 756. The van der Waals surface area contributed by atoms with Gasteiger partial charge >= 0.3 is 6.03 Å². The average molecular weight is 352 g/mol. The first-order chi connectivity index (χ1) is 12.3. The van der Waals surface area contributed by atoms with Crippen molar-refractivity contribution in [2.45, 2.75) is 33.1 Å². The third-order valence-electron chi connectivity index (χ3n) is 4.85. The molecule has 26 heavy (non-hydrogen) atoms. The molecule has 1 aliphatic rings. The van der Waals surface area contributed by atoms with Gasteiger partial charge in [0.1, 0.15) is 5.82 Å². The fourth-order valence-electron chi connectivity index (χ4n) is 3.19. The Morgan fingerprint density at radius 2 is 1.69 bits per heavy atom. The molecule has 5 nitrogen and oxygen atoms in total. The largest absolute Gasteiger partial charge is 0.353 e. The Labute approximate surface area is 156 Å². The standard InChI is InChI=1S/C21H28N4O/c1-16-6-5-11-22-19(16)24-12-14-25(15-13-24)20(26)23-18-9-7-17(8-10-18)21(2,3)4/h5-11H,12-15H2,1-4H3,(H,23,26). The second-order valence-corrected chi connectivity index (χ2v) is 7.88. The summed E-state index contributed by atoms with van der Waals surface area (Å²) < 4.78 is 0. The maximum atomic E-state index is 12.5. The molecule has 0 aliphatic carbocycles. The number of pyridine rings is 1. The average Bonchev–Trinajstić information content (AvgIpc) is 2.62. The van der Waals surface area contributed by atoms with Crippen LogP contribution < -0.4 is 10.2 Å². The lowest BCUT2D eigenvalue weighted by Crippen LogP contribution is -2.50. The summed E-state index contributed by atoms with van der Waals surface area (Å²) in [6.45, 7) is 11.6. The zero-order valence-corrected chi connectivity index (χ0v) is 16.1. The molecule has 1 saturated heterocycles. The van der Waals surface area contributed by atoms with E-state index in [1.165, 1.54) is 11.1 Å². The molecular formula is C21H28N4O. The first-order valence-corrected chi connectivity index (χ1v) is 9.17. The van der Waals surface area contributed by atoms with Crippen LogP contribution in [0.1, 0.15) is 31.9 Å². The molecule has 2 aromatic rings. The van der Waals surface area contributed by atoms with Crippen molar-refractivity contribution in [3.05, 3.63) is 53.7 Å². The number of piperazine rings is 1. The second-order valence-electron chi connectivity index (χ2n) is 7.88. The van der Waals surface area contributed by atoms with Crippen molar-refractivity contribution in [1.82, 2.24) is 9.88 Å². The number of nitrogens with one attached hydrogen (secondary N) is 1. The molecule has 1 aliphatic heterocycles. The molecule has 0 spiro atoms. The van der Waals surface area contributed by atoms with Gasteiger partial charge in [-0.25, -0.2) is 9.78 Å². The van der Waals surface area contributed by atoms with Crippen LogP contribution in [-0.4, -0.2) is 42.1 Å². The highest BCUT2D eigenvalue weighted by atomic mass is 16.2. The molecule has 5 heteroatoms. The minimum absolute atomic E-state index is 0.0362. The predicted molar refractivity (Wildman–Crippen MR) is 107 cm³/mol. The number of urea groups is 1.